The summed E-state index contributed by atoms with van der Waals surface area (Å²) < 4.78 is 2.89. The summed E-state index contributed by atoms with van der Waals surface area (Å²) in [5.74, 6) is -0.0327. The van der Waals surface area contributed by atoms with Crippen molar-refractivity contribution >= 4 is 21.8 Å². The van der Waals surface area contributed by atoms with Crippen LogP contribution in [0.15, 0.2) is 16.7 Å². The molecule has 0 aliphatic carbocycles. The smallest absolute Gasteiger partial charge is 0.268 e. The third-order valence-electron chi connectivity index (χ3n) is 2.26. The minimum absolute atomic E-state index is 0.0327. The van der Waals surface area contributed by atoms with E-state index in [9.17, 15) is 4.79 Å². The molecule has 0 bridgehead atoms. The van der Waals surface area contributed by atoms with Crippen molar-refractivity contribution in [3.8, 4) is 0 Å². The van der Waals surface area contributed by atoms with Gasteiger partial charge < -0.3 is 15.2 Å². The van der Waals surface area contributed by atoms with Crippen molar-refractivity contribution in [1.82, 2.24) is 15.2 Å². The normalized spacial score (nSPS) is 10.8. The molecular formula is C11H18BrN3O. The number of nitrogens with zero attached hydrogens (tertiary/aromatic N) is 1. The Balaban J connectivity index is 2.74. The van der Waals surface area contributed by atoms with E-state index in [4.69, 9.17) is 0 Å². The molecule has 0 fully saturated rings. The second-order valence-corrected chi connectivity index (χ2v) is 4.82. The largest absolute Gasteiger partial charge is 0.349 e. The maximum Gasteiger partial charge on any atom is 0.268 e. The summed E-state index contributed by atoms with van der Waals surface area (Å²) >= 11 is 3.39. The standard InChI is InChI=1S/C11H18BrN3O/c1-8(2)15-7-9(12)6-10(15)11(16)14-5-4-13-3/h6-8,13H,4-5H2,1-3H3,(H,14,16). The summed E-state index contributed by atoms with van der Waals surface area (Å²) in [6.45, 7) is 5.51. The van der Waals surface area contributed by atoms with Crippen LogP contribution in [0.1, 0.15) is 30.4 Å². The van der Waals surface area contributed by atoms with Crippen LogP contribution >= 0.6 is 15.9 Å². The maximum absolute atomic E-state index is 11.9. The minimum atomic E-state index is -0.0327. The predicted molar refractivity (Wildman–Crippen MR) is 68.8 cm³/mol. The van der Waals surface area contributed by atoms with Gasteiger partial charge in [-0.3, -0.25) is 4.79 Å². The van der Waals surface area contributed by atoms with Crippen molar-refractivity contribution in [3.05, 3.63) is 22.4 Å². The highest BCUT2D eigenvalue weighted by molar-refractivity contribution is 9.10. The highest BCUT2D eigenvalue weighted by Crippen LogP contribution is 2.19. The van der Waals surface area contributed by atoms with E-state index in [1.807, 2.05) is 23.9 Å². The van der Waals surface area contributed by atoms with E-state index in [0.717, 1.165) is 11.0 Å². The molecule has 1 heterocycles. The molecule has 0 radical (unpaired) electrons. The number of rotatable bonds is 5. The zero-order chi connectivity index (χ0) is 12.1. The summed E-state index contributed by atoms with van der Waals surface area (Å²) in [6, 6.07) is 2.12. The van der Waals surface area contributed by atoms with Gasteiger partial charge in [-0.1, -0.05) is 0 Å². The Bertz CT molecular complexity index is 360. The molecule has 0 unspecified atom stereocenters. The van der Waals surface area contributed by atoms with Gasteiger partial charge in [0.25, 0.3) is 5.91 Å². The van der Waals surface area contributed by atoms with Gasteiger partial charge in [0.15, 0.2) is 0 Å². The first-order chi connectivity index (χ1) is 7.56. The van der Waals surface area contributed by atoms with Crippen LogP contribution in [-0.4, -0.2) is 30.6 Å². The molecule has 0 aliphatic rings. The Kier molecular flexibility index (Phi) is 5.02. The van der Waals surface area contributed by atoms with Crippen LogP contribution in [0.2, 0.25) is 0 Å². The Hall–Kier alpha value is -0.810. The van der Waals surface area contributed by atoms with Gasteiger partial charge in [-0.2, -0.15) is 0 Å². The van der Waals surface area contributed by atoms with Crippen LogP contribution in [0.3, 0.4) is 0 Å². The number of likely N-dealkylation sites (N-methyl/N-ethyl adjacent to an activating group) is 1. The van der Waals surface area contributed by atoms with Gasteiger partial charge in [0, 0.05) is 29.8 Å². The number of halogens is 1. The number of carbonyl (C=O) groups excluding carboxylic acids is 1. The van der Waals surface area contributed by atoms with Crippen LogP contribution in [-0.2, 0) is 0 Å². The summed E-state index contributed by atoms with van der Waals surface area (Å²) in [6.07, 6.45) is 1.93. The molecule has 1 aromatic rings. The first-order valence-electron chi connectivity index (χ1n) is 5.36. The van der Waals surface area contributed by atoms with Gasteiger partial charge in [0.05, 0.1) is 0 Å². The monoisotopic (exact) mass is 287 g/mol. The van der Waals surface area contributed by atoms with Crippen molar-refractivity contribution in [1.29, 1.82) is 0 Å². The zero-order valence-electron chi connectivity index (χ0n) is 9.88. The second kappa shape index (κ2) is 6.06. The number of amides is 1. The Morgan fingerprint density at radius 1 is 1.50 bits per heavy atom. The van der Waals surface area contributed by atoms with Crippen molar-refractivity contribution in [2.75, 3.05) is 20.1 Å². The first-order valence-corrected chi connectivity index (χ1v) is 6.15. The molecule has 4 nitrogen and oxygen atoms in total. The molecule has 16 heavy (non-hydrogen) atoms. The highest BCUT2D eigenvalue weighted by Gasteiger charge is 2.14. The molecule has 0 aliphatic heterocycles. The van der Waals surface area contributed by atoms with Gasteiger partial charge in [-0.25, -0.2) is 0 Å². The number of hydrogen-bond donors (Lipinski definition) is 2. The van der Waals surface area contributed by atoms with Gasteiger partial charge in [0.2, 0.25) is 0 Å². The Morgan fingerprint density at radius 2 is 2.19 bits per heavy atom. The SMILES string of the molecule is CNCCNC(=O)c1cc(Br)cn1C(C)C. The van der Waals surface area contributed by atoms with Gasteiger partial charge in [0.1, 0.15) is 5.69 Å². The van der Waals surface area contributed by atoms with Crippen molar-refractivity contribution in [2.24, 2.45) is 0 Å². The lowest BCUT2D eigenvalue weighted by Gasteiger charge is -2.12. The van der Waals surface area contributed by atoms with Crippen LogP contribution in [0.5, 0.6) is 0 Å². The lowest BCUT2D eigenvalue weighted by atomic mass is 10.3. The fraction of sp³-hybridized carbons (Fsp3) is 0.545. The quantitative estimate of drug-likeness (QED) is 0.811. The first kappa shape index (κ1) is 13.3. The van der Waals surface area contributed by atoms with E-state index in [0.29, 0.717) is 12.2 Å². The van der Waals surface area contributed by atoms with Crippen molar-refractivity contribution < 1.29 is 4.79 Å². The Labute approximate surface area is 105 Å². The molecule has 0 spiro atoms. The van der Waals surface area contributed by atoms with Crippen LogP contribution in [0, 0.1) is 0 Å². The van der Waals surface area contributed by atoms with Gasteiger partial charge >= 0.3 is 0 Å². The fourth-order valence-corrected chi connectivity index (χ4v) is 1.88. The van der Waals surface area contributed by atoms with E-state index in [1.165, 1.54) is 0 Å². The van der Waals surface area contributed by atoms with E-state index in [2.05, 4.69) is 40.4 Å². The van der Waals surface area contributed by atoms with Crippen molar-refractivity contribution in [2.45, 2.75) is 19.9 Å². The van der Waals surface area contributed by atoms with Crippen LogP contribution in [0.4, 0.5) is 0 Å². The maximum atomic E-state index is 11.9. The molecule has 0 aromatic carbocycles. The number of aromatic nitrogens is 1. The lowest BCUT2D eigenvalue weighted by molar-refractivity contribution is 0.0943. The fourth-order valence-electron chi connectivity index (χ4n) is 1.45. The van der Waals surface area contributed by atoms with Crippen LogP contribution in [0.25, 0.3) is 0 Å². The number of hydrogen-bond acceptors (Lipinski definition) is 2. The zero-order valence-corrected chi connectivity index (χ0v) is 11.5. The topological polar surface area (TPSA) is 46.1 Å². The summed E-state index contributed by atoms with van der Waals surface area (Å²) in [5, 5.41) is 5.85. The number of nitrogens with one attached hydrogen (secondary N) is 2. The van der Waals surface area contributed by atoms with E-state index >= 15 is 0 Å². The van der Waals surface area contributed by atoms with Gasteiger partial charge in [-0.05, 0) is 42.9 Å². The van der Waals surface area contributed by atoms with E-state index < -0.39 is 0 Å². The van der Waals surface area contributed by atoms with Gasteiger partial charge in [-0.15, -0.1) is 0 Å². The molecule has 1 aromatic heterocycles. The van der Waals surface area contributed by atoms with Crippen LogP contribution < -0.4 is 10.6 Å². The average molecular weight is 288 g/mol. The third kappa shape index (κ3) is 3.35. The molecule has 2 N–H and O–H groups in total. The average Bonchev–Trinajstić information content (AvgIpc) is 2.61. The molecule has 0 saturated carbocycles. The van der Waals surface area contributed by atoms with E-state index in [-0.39, 0.29) is 11.9 Å². The minimum Gasteiger partial charge on any atom is -0.349 e. The summed E-state index contributed by atoms with van der Waals surface area (Å²) in [4.78, 5) is 11.9. The molecule has 5 heteroatoms. The van der Waals surface area contributed by atoms with E-state index in [1.54, 1.807) is 0 Å². The molecular weight excluding hydrogens is 270 g/mol. The predicted octanol–water partition coefficient (Wildman–Crippen LogP) is 1.78. The molecule has 1 rings (SSSR count). The summed E-state index contributed by atoms with van der Waals surface area (Å²) in [5.41, 5.74) is 0.693. The highest BCUT2D eigenvalue weighted by atomic mass is 79.9. The number of carbonyl (C=O) groups is 1. The lowest BCUT2D eigenvalue weighted by Crippen LogP contribution is -2.31. The third-order valence-corrected chi connectivity index (χ3v) is 2.70. The molecule has 90 valence electrons. The second-order valence-electron chi connectivity index (χ2n) is 3.90. The molecule has 0 saturated heterocycles. The molecule has 0 atom stereocenters. The Morgan fingerprint density at radius 3 is 2.75 bits per heavy atom. The molecule has 1 amide bonds. The summed E-state index contributed by atoms with van der Waals surface area (Å²) in [7, 11) is 1.86. The van der Waals surface area contributed by atoms with Crippen molar-refractivity contribution in [3.63, 3.8) is 0 Å².